The van der Waals surface area contributed by atoms with Gasteiger partial charge in [0.1, 0.15) is 5.82 Å². The Kier molecular flexibility index (Phi) is 5.43. The van der Waals surface area contributed by atoms with Gasteiger partial charge in [-0.2, -0.15) is 0 Å². The highest BCUT2D eigenvalue weighted by atomic mass is 19.1. The quantitative estimate of drug-likeness (QED) is 0.745. The van der Waals surface area contributed by atoms with Gasteiger partial charge >= 0.3 is 0 Å². The molecule has 0 spiro atoms. The molecule has 0 aromatic heterocycles. The largest absolute Gasteiger partial charge is 0.311 e. The number of nitrogens with zero attached hydrogens (tertiary/aromatic N) is 1. The summed E-state index contributed by atoms with van der Waals surface area (Å²) in [5.41, 5.74) is 2.18. The van der Waals surface area contributed by atoms with Crippen LogP contribution in [0.3, 0.4) is 0 Å². The van der Waals surface area contributed by atoms with Crippen LogP contribution in [-0.2, 0) is 6.54 Å². The van der Waals surface area contributed by atoms with Crippen LogP contribution in [0, 0.1) is 12.7 Å². The molecular weight excluding hydrogens is 203 g/mol. The molecule has 0 atom stereocenters. The second kappa shape index (κ2) is 6.61. The molecule has 0 bridgehead atoms. The Hall–Kier alpha value is -0.930. The molecule has 16 heavy (non-hydrogen) atoms. The van der Waals surface area contributed by atoms with Crippen LogP contribution < -0.4 is 5.32 Å². The van der Waals surface area contributed by atoms with Gasteiger partial charge in [-0.05, 0) is 43.8 Å². The van der Waals surface area contributed by atoms with E-state index in [1.54, 1.807) is 6.07 Å². The summed E-state index contributed by atoms with van der Waals surface area (Å²) in [6.45, 7) is 7.96. The minimum absolute atomic E-state index is 0.160. The molecule has 0 radical (unpaired) electrons. The number of aryl methyl sites for hydroxylation is 1. The van der Waals surface area contributed by atoms with Gasteiger partial charge in [0.05, 0.1) is 0 Å². The number of benzene rings is 1. The monoisotopic (exact) mass is 224 g/mol. The van der Waals surface area contributed by atoms with E-state index in [0.717, 1.165) is 31.7 Å². The third kappa shape index (κ3) is 4.29. The Bertz CT molecular complexity index is 326. The predicted octanol–water partition coefficient (Wildman–Crippen LogP) is 2.18. The molecule has 90 valence electrons. The van der Waals surface area contributed by atoms with Gasteiger partial charge in [0.15, 0.2) is 0 Å². The molecule has 1 rings (SSSR count). The fourth-order valence-corrected chi connectivity index (χ4v) is 1.51. The van der Waals surface area contributed by atoms with Gasteiger partial charge in [-0.1, -0.05) is 13.0 Å². The second-order valence-corrected chi connectivity index (χ2v) is 4.14. The summed E-state index contributed by atoms with van der Waals surface area (Å²) in [6, 6.07) is 4.94. The molecule has 0 unspecified atom stereocenters. The van der Waals surface area contributed by atoms with Crippen LogP contribution >= 0.6 is 0 Å². The Morgan fingerprint density at radius 3 is 2.75 bits per heavy atom. The Morgan fingerprint density at radius 2 is 2.12 bits per heavy atom. The minimum atomic E-state index is -0.160. The first-order valence-corrected chi connectivity index (χ1v) is 5.77. The van der Waals surface area contributed by atoms with E-state index in [4.69, 9.17) is 0 Å². The number of halogens is 1. The maximum Gasteiger partial charge on any atom is 0.123 e. The number of nitrogens with one attached hydrogen (secondary N) is 1. The van der Waals surface area contributed by atoms with E-state index < -0.39 is 0 Å². The topological polar surface area (TPSA) is 15.3 Å². The molecule has 0 fully saturated rings. The highest BCUT2D eigenvalue weighted by molar-refractivity contribution is 5.26. The lowest BCUT2D eigenvalue weighted by Gasteiger charge is -2.14. The highest BCUT2D eigenvalue weighted by Gasteiger charge is 2.00. The average molecular weight is 224 g/mol. The van der Waals surface area contributed by atoms with Crippen LogP contribution in [0.2, 0.25) is 0 Å². The first-order chi connectivity index (χ1) is 7.63. The van der Waals surface area contributed by atoms with Crippen LogP contribution in [0.15, 0.2) is 18.2 Å². The second-order valence-electron chi connectivity index (χ2n) is 4.14. The lowest BCUT2D eigenvalue weighted by atomic mass is 10.1. The van der Waals surface area contributed by atoms with E-state index in [9.17, 15) is 4.39 Å². The van der Waals surface area contributed by atoms with Crippen molar-refractivity contribution in [1.29, 1.82) is 0 Å². The van der Waals surface area contributed by atoms with E-state index in [1.165, 1.54) is 11.6 Å². The molecule has 3 heteroatoms. The SMILES string of the molecule is CCN(C)CCNCc1ccc(F)cc1C. The lowest BCUT2D eigenvalue weighted by molar-refractivity contribution is 0.349. The van der Waals surface area contributed by atoms with Crippen LogP contribution in [0.5, 0.6) is 0 Å². The number of likely N-dealkylation sites (N-methyl/N-ethyl adjacent to an activating group) is 1. The zero-order valence-corrected chi connectivity index (χ0v) is 10.4. The average Bonchev–Trinajstić information content (AvgIpc) is 2.26. The summed E-state index contributed by atoms with van der Waals surface area (Å²) in [7, 11) is 2.10. The third-order valence-electron chi connectivity index (χ3n) is 2.83. The van der Waals surface area contributed by atoms with Crippen molar-refractivity contribution in [1.82, 2.24) is 10.2 Å². The van der Waals surface area contributed by atoms with Crippen LogP contribution in [0.25, 0.3) is 0 Å². The molecule has 1 aromatic carbocycles. The van der Waals surface area contributed by atoms with Gasteiger partial charge < -0.3 is 10.2 Å². The molecule has 0 heterocycles. The third-order valence-corrected chi connectivity index (χ3v) is 2.83. The van der Waals surface area contributed by atoms with Gasteiger partial charge in [-0.3, -0.25) is 0 Å². The molecule has 0 aliphatic rings. The molecule has 0 saturated carbocycles. The van der Waals surface area contributed by atoms with Gasteiger partial charge in [0.25, 0.3) is 0 Å². The van der Waals surface area contributed by atoms with E-state index in [-0.39, 0.29) is 5.82 Å². The molecule has 2 nitrogen and oxygen atoms in total. The predicted molar refractivity (Wildman–Crippen MR) is 66.0 cm³/mol. The zero-order valence-electron chi connectivity index (χ0n) is 10.4. The number of rotatable bonds is 6. The van der Waals surface area contributed by atoms with Crippen molar-refractivity contribution < 1.29 is 4.39 Å². The Labute approximate surface area is 97.5 Å². The smallest absolute Gasteiger partial charge is 0.123 e. The number of hydrogen-bond acceptors (Lipinski definition) is 2. The molecule has 0 aliphatic heterocycles. The number of hydrogen-bond donors (Lipinski definition) is 1. The fourth-order valence-electron chi connectivity index (χ4n) is 1.51. The summed E-state index contributed by atoms with van der Waals surface area (Å²) < 4.78 is 12.9. The van der Waals surface area contributed by atoms with E-state index in [2.05, 4.69) is 24.2 Å². The summed E-state index contributed by atoms with van der Waals surface area (Å²) in [5, 5.41) is 3.36. The van der Waals surface area contributed by atoms with Crippen LogP contribution in [0.1, 0.15) is 18.1 Å². The van der Waals surface area contributed by atoms with Crippen molar-refractivity contribution in [2.75, 3.05) is 26.7 Å². The standard InChI is InChI=1S/C13H21FN2/c1-4-16(3)8-7-15-10-12-5-6-13(14)9-11(12)2/h5-6,9,15H,4,7-8,10H2,1-3H3. The Balaban J connectivity index is 2.32. The summed E-state index contributed by atoms with van der Waals surface area (Å²) >= 11 is 0. The normalized spacial score (nSPS) is 11.1. The van der Waals surface area contributed by atoms with Crippen LogP contribution in [0.4, 0.5) is 4.39 Å². The highest BCUT2D eigenvalue weighted by Crippen LogP contribution is 2.09. The minimum Gasteiger partial charge on any atom is -0.311 e. The van der Waals surface area contributed by atoms with E-state index in [1.807, 2.05) is 13.0 Å². The van der Waals surface area contributed by atoms with Crippen molar-refractivity contribution in [2.24, 2.45) is 0 Å². The first-order valence-electron chi connectivity index (χ1n) is 5.77. The van der Waals surface area contributed by atoms with Crippen molar-refractivity contribution in [3.8, 4) is 0 Å². The maximum atomic E-state index is 12.9. The lowest BCUT2D eigenvalue weighted by Crippen LogP contribution is -2.28. The van der Waals surface area contributed by atoms with Gasteiger partial charge in [0, 0.05) is 19.6 Å². The molecule has 0 saturated heterocycles. The molecule has 1 N–H and O–H groups in total. The van der Waals surface area contributed by atoms with E-state index >= 15 is 0 Å². The van der Waals surface area contributed by atoms with Crippen molar-refractivity contribution >= 4 is 0 Å². The fraction of sp³-hybridized carbons (Fsp3) is 0.538. The van der Waals surface area contributed by atoms with E-state index in [0.29, 0.717) is 0 Å². The van der Waals surface area contributed by atoms with Gasteiger partial charge in [-0.25, -0.2) is 4.39 Å². The molecule has 0 aliphatic carbocycles. The summed E-state index contributed by atoms with van der Waals surface area (Å²) in [6.07, 6.45) is 0. The van der Waals surface area contributed by atoms with Crippen LogP contribution in [-0.4, -0.2) is 31.6 Å². The first kappa shape index (κ1) is 13.1. The molecule has 1 aromatic rings. The Morgan fingerprint density at radius 1 is 1.38 bits per heavy atom. The molecular formula is C13H21FN2. The van der Waals surface area contributed by atoms with Gasteiger partial charge in [-0.15, -0.1) is 0 Å². The maximum absolute atomic E-state index is 12.9. The summed E-state index contributed by atoms with van der Waals surface area (Å²) in [5.74, 6) is -0.160. The zero-order chi connectivity index (χ0) is 12.0. The van der Waals surface area contributed by atoms with Crippen molar-refractivity contribution in [2.45, 2.75) is 20.4 Å². The molecule has 0 amide bonds. The summed E-state index contributed by atoms with van der Waals surface area (Å²) in [4.78, 5) is 2.25. The van der Waals surface area contributed by atoms with Gasteiger partial charge in [0.2, 0.25) is 0 Å². The van der Waals surface area contributed by atoms with Crippen molar-refractivity contribution in [3.05, 3.63) is 35.1 Å². The van der Waals surface area contributed by atoms with Crippen molar-refractivity contribution in [3.63, 3.8) is 0 Å².